The molecule has 81 heavy (non-hydrogen) atoms. The van der Waals surface area contributed by atoms with E-state index in [2.05, 4.69) is 130 Å². The van der Waals surface area contributed by atoms with Crippen molar-refractivity contribution in [2.45, 2.75) is 335 Å². The maximum Gasteiger partial charge on any atom is 0.306 e. The molecule has 0 N–H and O–H groups in total. The summed E-state index contributed by atoms with van der Waals surface area (Å²) in [7, 11) is 0. The molecule has 6 heteroatoms. The van der Waals surface area contributed by atoms with Gasteiger partial charge in [0.25, 0.3) is 0 Å². The lowest BCUT2D eigenvalue weighted by Gasteiger charge is -2.18. The van der Waals surface area contributed by atoms with Crippen molar-refractivity contribution in [3.63, 3.8) is 0 Å². The summed E-state index contributed by atoms with van der Waals surface area (Å²) in [6.07, 6.45) is 94.2. The van der Waals surface area contributed by atoms with Crippen LogP contribution in [0.5, 0.6) is 0 Å². The van der Waals surface area contributed by atoms with E-state index in [1.165, 1.54) is 167 Å². The van der Waals surface area contributed by atoms with Crippen LogP contribution in [0, 0.1) is 0 Å². The number of carbonyl (C=O) groups excluding carboxylic acids is 3. The number of hydrogen-bond acceptors (Lipinski definition) is 6. The molecule has 0 saturated heterocycles. The molecule has 1 unspecified atom stereocenters. The number of rotatable bonds is 62. The van der Waals surface area contributed by atoms with Crippen LogP contribution in [0.2, 0.25) is 0 Å². The molecule has 0 saturated carbocycles. The van der Waals surface area contributed by atoms with E-state index in [-0.39, 0.29) is 31.1 Å². The standard InChI is InChI=1S/C75H128O6/c1-4-7-10-13-16-18-20-22-24-26-28-30-32-34-35-36-37-38-39-41-42-44-46-48-50-52-54-56-59-62-65-68-74(77)80-71-72(70-79-73(76)67-64-61-58-15-12-9-6-3)81-75(78)69-66-63-60-57-55-53-51-49-47-45-43-40-33-31-29-27-25-23-21-19-17-14-11-8-5-2/h8,11,17,19-20,22-23,25-26,28-29,31-32,34,40,43,47,49,72H,4-7,9-10,12-16,18,21,24,27,30,33,35-39,41-42,44-46,48,50-71H2,1-3H3/b11-8-,19-17-,22-20-,25-23-,28-26-,31-29-,34-32-,43-40-,49-47-. The highest BCUT2D eigenvalue weighted by Crippen LogP contribution is 2.17. The third-order valence-corrected chi connectivity index (χ3v) is 14.8. The molecular formula is C75H128O6. The summed E-state index contributed by atoms with van der Waals surface area (Å²) < 4.78 is 16.9. The number of unbranched alkanes of at least 4 members (excludes halogenated alkanes) is 33. The van der Waals surface area contributed by atoms with Gasteiger partial charge in [-0.2, -0.15) is 0 Å². The lowest BCUT2D eigenvalue weighted by Crippen LogP contribution is -2.30. The normalized spacial score (nSPS) is 12.8. The molecule has 0 amide bonds. The maximum atomic E-state index is 12.9. The molecule has 0 aromatic rings. The summed E-state index contributed by atoms with van der Waals surface area (Å²) in [5, 5.41) is 0. The first-order chi connectivity index (χ1) is 40.0. The second-order valence-corrected chi connectivity index (χ2v) is 22.7. The zero-order valence-corrected chi connectivity index (χ0v) is 53.3. The Morgan fingerprint density at radius 2 is 0.481 bits per heavy atom. The van der Waals surface area contributed by atoms with Crippen molar-refractivity contribution >= 4 is 17.9 Å². The average molecular weight is 1130 g/mol. The molecule has 0 fully saturated rings. The van der Waals surface area contributed by atoms with Gasteiger partial charge in [0.1, 0.15) is 13.2 Å². The first-order valence-electron chi connectivity index (χ1n) is 34.4. The Kier molecular flexibility index (Phi) is 65.2. The lowest BCUT2D eigenvalue weighted by atomic mass is 10.0. The van der Waals surface area contributed by atoms with Crippen LogP contribution < -0.4 is 0 Å². The average Bonchev–Trinajstić information content (AvgIpc) is 3.46. The van der Waals surface area contributed by atoms with Gasteiger partial charge in [0.05, 0.1) is 0 Å². The Balaban J connectivity index is 4.11. The molecule has 0 aliphatic rings. The minimum atomic E-state index is -0.785. The highest BCUT2D eigenvalue weighted by molar-refractivity contribution is 5.71. The van der Waals surface area contributed by atoms with E-state index in [0.29, 0.717) is 19.3 Å². The third kappa shape index (κ3) is 66.8. The summed E-state index contributed by atoms with van der Waals surface area (Å²) in [6, 6.07) is 0. The van der Waals surface area contributed by atoms with Gasteiger partial charge < -0.3 is 14.2 Å². The Hall–Kier alpha value is -3.93. The molecule has 464 valence electrons. The molecule has 0 bridgehead atoms. The van der Waals surface area contributed by atoms with Crippen molar-refractivity contribution in [3.8, 4) is 0 Å². The third-order valence-electron chi connectivity index (χ3n) is 14.8. The van der Waals surface area contributed by atoms with Crippen LogP contribution in [0.25, 0.3) is 0 Å². The van der Waals surface area contributed by atoms with Crippen molar-refractivity contribution in [1.29, 1.82) is 0 Å². The largest absolute Gasteiger partial charge is 0.462 e. The zero-order chi connectivity index (χ0) is 58.5. The van der Waals surface area contributed by atoms with Crippen LogP contribution >= 0.6 is 0 Å². The van der Waals surface area contributed by atoms with Crippen molar-refractivity contribution in [1.82, 2.24) is 0 Å². The quantitative estimate of drug-likeness (QED) is 0.0261. The van der Waals surface area contributed by atoms with Gasteiger partial charge in [-0.15, -0.1) is 0 Å². The number of allylic oxidation sites excluding steroid dienone is 18. The van der Waals surface area contributed by atoms with E-state index in [1.807, 2.05) is 0 Å². The number of hydrogen-bond donors (Lipinski definition) is 0. The van der Waals surface area contributed by atoms with Crippen molar-refractivity contribution in [3.05, 3.63) is 109 Å². The molecule has 0 aliphatic carbocycles. The minimum absolute atomic E-state index is 0.0825. The second kappa shape index (κ2) is 68.6. The van der Waals surface area contributed by atoms with Gasteiger partial charge >= 0.3 is 17.9 Å². The molecule has 0 spiro atoms. The Labute approximate surface area is 501 Å². The number of esters is 3. The zero-order valence-electron chi connectivity index (χ0n) is 53.3. The van der Waals surface area contributed by atoms with Crippen LogP contribution in [-0.2, 0) is 28.6 Å². The molecule has 0 aromatic heterocycles. The molecule has 0 radical (unpaired) electrons. The van der Waals surface area contributed by atoms with Gasteiger partial charge in [-0.25, -0.2) is 0 Å². The van der Waals surface area contributed by atoms with Gasteiger partial charge in [-0.1, -0.05) is 310 Å². The van der Waals surface area contributed by atoms with Gasteiger partial charge in [0, 0.05) is 19.3 Å². The number of carbonyl (C=O) groups is 3. The van der Waals surface area contributed by atoms with Crippen molar-refractivity contribution in [2.24, 2.45) is 0 Å². The highest BCUT2D eigenvalue weighted by Gasteiger charge is 2.19. The van der Waals surface area contributed by atoms with E-state index in [0.717, 1.165) is 122 Å². The van der Waals surface area contributed by atoms with E-state index in [4.69, 9.17) is 14.2 Å². The molecule has 0 aromatic carbocycles. The van der Waals surface area contributed by atoms with Crippen LogP contribution in [0.15, 0.2) is 109 Å². The smallest absolute Gasteiger partial charge is 0.306 e. The van der Waals surface area contributed by atoms with Crippen LogP contribution in [0.4, 0.5) is 0 Å². The van der Waals surface area contributed by atoms with Crippen LogP contribution in [0.1, 0.15) is 329 Å². The highest BCUT2D eigenvalue weighted by atomic mass is 16.6. The summed E-state index contributed by atoms with van der Waals surface area (Å²) in [4.78, 5) is 38.2. The van der Waals surface area contributed by atoms with Gasteiger partial charge in [0.15, 0.2) is 6.10 Å². The summed E-state index contributed by atoms with van der Waals surface area (Å²) in [5.74, 6) is -0.895. The maximum absolute atomic E-state index is 12.9. The van der Waals surface area contributed by atoms with E-state index >= 15 is 0 Å². The Morgan fingerprint density at radius 1 is 0.259 bits per heavy atom. The van der Waals surface area contributed by atoms with Crippen LogP contribution in [0.3, 0.4) is 0 Å². The summed E-state index contributed by atoms with van der Waals surface area (Å²) in [6.45, 7) is 6.48. The van der Waals surface area contributed by atoms with Crippen LogP contribution in [-0.4, -0.2) is 37.2 Å². The molecule has 0 aliphatic heterocycles. The first-order valence-corrected chi connectivity index (χ1v) is 34.4. The molecule has 6 nitrogen and oxygen atoms in total. The van der Waals surface area contributed by atoms with E-state index in [9.17, 15) is 14.4 Å². The first kappa shape index (κ1) is 77.1. The summed E-state index contributed by atoms with van der Waals surface area (Å²) >= 11 is 0. The van der Waals surface area contributed by atoms with Gasteiger partial charge in [-0.05, 0) is 109 Å². The van der Waals surface area contributed by atoms with Gasteiger partial charge in [-0.3, -0.25) is 14.4 Å². The van der Waals surface area contributed by atoms with Crippen molar-refractivity contribution < 1.29 is 28.6 Å². The van der Waals surface area contributed by atoms with Crippen molar-refractivity contribution in [2.75, 3.05) is 13.2 Å². The Bertz CT molecular complexity index is 1620. The second-order valence-electron chi connectivity index (χ2n) is 22.7. The monoisotopic (exact) mass is 1120 g/mol. The molecule has 0 rings (SSSR count). The molecular weight excluding hydrogens is 997 g/mol. The fourth-order valence-corrected chi connectivity index (χ4v) is 9.63. The van der Waals surface area contributed by atoms with E-state index < -0.39 is 6.10 Å². The molecule has 1 atom stereocenters. The predicted octanol–water partition coefficient (Wildman–Crippen LogP) is 23.8. The predicted molar refractivity (Wildman–Crippen MR) is 353 cm³/mol. The SMILES string of the molecule is CC/C=C\C/C=C\C/C=C\C/C=C\C/C=C\C/C=C\CCCCCCCCC(=O)OC(COC(=O)CCCCCCCCC)COC(=O)CCCCCCCCCCCCCCCCCC/C=C\C/C=C\C/C=C\CCCCCCC. The summed E-state index contributed by atoms with van der Waals surface area (Å²) in [5.41, 5.74) is 0. The minimum Gasteiger partial charge on any atom is -0.462 e. The van der Waals surface area contributed by atoms with Gasteiger partial charge in [0.2, 0.25) is 0 Å². The topological polar surface area (TPSA) is 78.9 Å². The fourth-order valence-electron chi connectivity index (χ4n) is 9.63. The fraction of sp³-hybridized carbons (Fsp3) is 0.720. The number of ether oxygens (including phenoxy) is 3. The molecule has 0 heterocycles. The van der Waals surface area contributed by atoms with E-state index in [1.54, 1.807) is 0 Å². The lowest BCUT2D eigenvalue weighted by molar-refractivity contribution is -0.167. The Morgan fingerprint density at radius 3 is 0.753 bits per heavy atom.